The van der Waals surface area contributed by atoms with E-state index in [1.54, 1.807) is 11.3 Å². The molecule has 1 atom stereocenters. The predicted octanol–water partition coefficient (Wildman–Crippen LogP) is 2.28. The van der Waals surface area contributed by atoms with Crippen LogP contribution in [0.3, 0.4) is 0 Å². The van der Waals surface area contributed by atoms with Crippen LogP contribution >= 0.6 is 22.9 Å². The van der Waals surface area contributed by atoms with Crippen LogP contribution in [0.5, 0.6) is 0 Å². The first-order valence-corrected chi connectivity index (χ1v) is 5.64. The molecular formula is C9H12ClNOS. The van der Waals surface area contributed by atoms with E-state index < -0.39 is 0 Å². The predicted molar refractivity (Wildman–Crippen MR) is 55.4 cm³/mol. The van der Waals surface area contributed by atoms with Gasteiger partial charge in [-0.25, -0.2) is 0 Å². The summed E-state index contributed by atoms with van der Waals surface area (Å²) in [4.78, 5) is 0. The normalized spacial score (nSPS) is 22.4. The van der Waals surface area contributed by atoms with Crippen molar-refractivity contribution < 1.29 is 4.74 Å². The molecule has 13 heavy (non-hydrogen) atoms. The molecule has 2 rings (SSSR count). The first-order valence-electron chi connectivity index (χ1n) is 4.38. The van der Waals surface area contributed by atoms with E-state index in [1.807, 2.05) is 6.07 Å². The summed E-state index contributed by atoms with van der Waals surface area (Å²) in [5.41, 5.74) is 1.27. The fraction of sp³-hybridized carbons (Fsp3) is 0.556. The second-order valence-corrected chi connectivity index (χ2v) is 4.74. The Labute approximate surface area is 86.9 Å². The Morgan fingerprint density at radius 2 is 2.62 bits per heavy atom. The van der Waals surface area contributed by atoms with Crippen LogP contribution < -0.4 is 5.32 Å². The van der Waals surface area contributed by atoms with Crippen LogP contribution in [0.25, 0.3) is 0 Å². The summed E-state index contributed by atoms with van der Waals surface area (Å²) in [6.07, 6.45) is 1.12. The molecular weight excluding hydrogens is 206 g/mol. The molecule has 0 bridgehead atoms. The van der Waals surface area contributed by atoms with Crippen LogP contribution in [0.1, 0.15) is 12.0 Å². The SMILES string of the molecule is Clc1cc(CNC2CCOC2)cs1. The highest BCUT2D eigenvalue weighted by molar-refractivity contribution is 7.14. The Balaban J connectivity index is 1.78. The smallest absolute Gasteiger partial charge is 0.0931 e. The number of halogens is 1. The second kappa shape index (κ2) is 4.42. The molecule has 0 spiro atoms. The molecule has 0 radical (unpaired) electrons. The third kappa shape index (κ3) is 2.68. The van der Waals surface area contributed by atoms with Gasteiger partial charge in [0.1, 0.15) is 0 Å². The standard InChI is InChI=1S/C9H12ClNOS/c10-9-3-7(6-13-9)4-11-8-1-2-12-5-8/h3,6,8,11H,1-2,4-5H2. The van der Waals surface area contributed by atoms with Crippen LogP contribution in [0.2, 0.25) is 4.34 Å². The molecule has 0 aliphatic carbocycles. The van der Waals surface area contributed by atoms with Crippen molar-refractivity contribution in [2.24, 2.45) is 0 Å². The van der Waals surface area contributed by atoms with Crippen molar-refractivity contribution in [1.82, 2.24) is 5.32 Å². The molecule has 1 aliphatic heterocycles. The molecule has 1 aromatic heterocycles. The van der Waals surface area contributed by atoms with Crippen LogP contribution in [0, 0.1) is 0 Å². The van der Waals surface area contributed by atoms with Crippen molar-refractivity contribution in [3.63, 3.8) is 0 Å². The Morgan fingerprint density at radius 3 is 3.23 bits per heavy atom. The van der Waals surface area contributed by atoms with E-state index in [0.29, 0.717) is 6.04 Å². The van der Waals surface area contributed by atoms with E-state index in [2.05, 4.69) is 10.7 Å². The molecule has 2 nitrogen and oxygen atoms in total. The monoisotopic (exact) mass is 217 g/mol. The molecule has 0 amide bonds. The van der Waals surface area contributed by atoms with E-state index in [-0.39, 0.29) is 0 Å². The lowest BCUT2D eigenvalue weighted by atomic mass is 10.2. The van der Waals surface area contributed by atoms with Gasteiger partial charge in [0.25, 0.3) is 0 Å². The Hall–Kier alpha value is -0.0900. The minimum Gasteiger partial charge on any atom is -0.380 e. The van der Waals surface area contributed by atoms with E-state index in [4.69, 9.17) is 16.3 Å². The molecule has 1 N–H and O–H groups in total. The molecule has 0 aromatic carbocycles. The van der Waals surface area contributed by atoms with Crippen molar-refractivity contribution in [3.8, 4) is 0 Å². The van der Waals surface area contributed by atoms with Gasteiger partial charge in [-0.05, 0) is 23.4 Å². The number of thiophene rings is 1. The lowest BCUT2D eigenvalue weighted by Crippen LogP contribution is -2.28. The molecule has 0 saturated carbocycles. The van der Waals surface area contributed by atoms with Gasteiger partial charge in [0.05, 0.1) is 10.9 Å². The molecule has 4 heteroatoms. The zero-order valence-electron chi connectivity index (χ0n) is 7.25. The summed E-state index contributed by atoms with van der Waals surface area (Å²) in [6, 6.07) is 2.54. The summed E-state index contributed by atoms with van der Waals surface area (Å²) >= 11 is 7.40. The molecule has 2 heterocycles. The molecule has 1 unspecified atom stereocenters. The maximum Gasteiger partial charge on any atom is 0.0931 e. The van der Waals surface area contributed by atoms with E-state index in [9.17, 15) is 0 Å². The lowest BCUT2D eigenvalue weighted by molar-refractivity contribution is 0.190. The average Bonchev–Trinajstić information content (AvgIpc) is 2.71. The molecule has 1 saturated heterocycles. The van der Waals surface area contributed by atoms with Gasteiger partial charge in [-0.1, -0.05) is 11.6 Å². The largest absolute Gasteiger partial charge is 0.380 e. The van der Waals surface area contributed by atoms with Gasteiger partial charge in [0.2, 0.25) is 0 Å². The molecule has 1 aliphatic rings. The zero-order chi connectivity index (χ0) is 9.10. The number of hydrogen-bond acceptors (Lipinski definition) is 3. The van der Waals surface area contributed by atoms with Crippen LogP contribution in [-0.2, 0) is 11.3 Å². The first-order chi connectivity index (χ1) is 6.34. The number of rotatable bonds is 3. The van der Waals surface area contributed by atoms with Gasteiger partial charge in [-0.2, -0.15) is 0 Å². The third-order valence-corrected chi connectivity index (χ3v) is 3.29. The van der Waals surface area contributed by atoms with Crippen molar-refractivity contribution in [2.45, 2.75) is 19.0 Å². The van der Waals surface area contributed by atoms with Crippen LogP contribution in [0.15, 0.2) is 11.4 Å². The minimum atomic E-state index is 0.527. The quantitative estimate of drug-likeness (QED) is 0.839. The first kappa shape index (κ1) is 9.46. The highest BCUT2D eigenvalue weighted by Gasteiger charge is 2.14. The van der Waals surface area contributed by atoms with Gasteiger partial charge in [0, 0.05) is 19.2 Å². The van der Waals surface area contributed by atoms with Crippen LogP contribution in [-0.4, -0.2) is 19.3 Å². The van der Waals surface area contributed by atoms with Crippen molar-refractivity contribution >= 4 is 22.9 Å². The maximum absolute atomic E-state index is 5.82. The molecule has 72 valence electrons. The third-order valence-electron chi connectivity index (χ3n) is 2.15. The average molecular weight is 218 g/mol. The van der Waals surface area contributed by atoms with E-state index in [0.717, 1.165) is 30.5 Å². The second-order valence-electron chi connectivity index (χ2n) is 3.20. The van der Waals surface area contributed by atoms with Crippen molar-refractivity contribution in [1.29, 1.82) is 0 Å². The summed E-state index contributed by atoms with van der Waals surface area (Å²) < 4.78 is 6.13. The fourth-order valence-corrected chi connectivity index (χ4v) is 2.30. The van der Waals surface area contributed by atoms with Gasteiger partial charge in [-0.3, -0.25) is 0 Å². The van der Waals surface area contributed by atoms with Gasteiger partial charge < -0.3 is 10.1 Å². The summed E-state index contributed by atoms with van der Waals surface area (Å²) in [5, 5.41) is 5.52. The number of nitrogens with one attached hydrogen (secondary N) is 1. The molecule has 1 fully saturated rings. The topological polar surface area (TPSA) is 21.3 Å². The number of ether oxygens (including phenoxy) is 1. The van der Waals surface area contributed by atoms with Gasteiger partial charge in [0.15, 0.2) is 0 Å². The van der Waals surface area contributed by atoms with E-state index in [1.165, 1.54) is 5.56 Å². The highest BCUT2D eigenvalue weighted by atomic mass is 35.5. The highest BCUT2D eigenvalue weighted by Crippen LogP contribution is 2.19. The minimum absolute atomic E-state index is 0.527. The molecule has 1 aromatic rings. The van der Waals surface area contributed by atoms with E-state index >= 15 is 0 Å². The summed E-state index contributed by atoms with van der Waals surface area (Å²) in [6.45, 7) is 2.64. The van der Waals surface area contributed by atoms with Gasteiger partial charge >= 0.3 is 0 Å². The zero-order valence-corrected chi connectivity index (χ0v) is 8.83. The van der Waals surface area contributed by atoms with Crippen molar-refractivity contribution in [3.05, 3.63) is 21.3 Å². The Morgan fingerprint density at radius 1 is 1.69 bits per heavy atom. The fourth-order valence-electron chi connectivity index (χ4n) is 1.40. The maximum atomic E-state index is 5.82. The lowest BCUT2D eigenvalue weighted by Gasteiger charge is -2.08. The van der Waals surface area contributed by atoms with Crippen LogP contribution in [0.4, 0.5) is 0 Å². The number of hydrogen-bond donors (Lipinski definition) is 1. The van der Waals surface area contributed by atoms with Crippen molar-refractivity contribution in [2.75, 3.05) is 13.2 Å². The Kier molecular flexibility index (Phi) is 3.22. The summed E-state index contributed by atoms with van der Waals surface area (Å²) in [5.74, 6) is 0. The van der Waals surface area contributed by atoms with Gasteiger partial charge in [-0.15, -0.1) is 11.3 Å². The Bertz CT molecular complexity index is 270. The summed E-state index contributed by atoms with van der Waals surface area (Å²) in [7, 11) is 0.